The number of aliphatic hydroxyl groups excluding tert-OH is 1. The number of hydrogen-bond acceptors (Lipinski definition) is 8. The molecule has 1 saturated heterocycles. The number of cyclic esters (lactones) is 1. The monoisotopic (exact) mass is 507 g/mol. The summed E-state index contributed by atoms with van der Waals surface area (Å²) >= 11 is 0. The number of esters is 1. The Morgan fingerprint density at radius 3 is 2.78 bits per heavy atom. The number of nitrogens with zero attached hydrogens (tertiary/aromatic N) is 2. The number of aromatic nitrogens is 1. The van der Waals surface area contributed by atoms with Crippen LogP contribution in [-0.4, -0.2) is 83.2 Å². The van der Waals surface area contributed by atoms with Crippen LogP contribution in [-0.2, 0) is 19.1 Å². The highest BCUT2D eigenvalue weighted by Crippen LogP contribution is 2.18. The summed E-state index contributed by atoms with van der Waals surface area (Å²) in [6.07, 6.45) is 3.77. The van der Waals surface area contributed by atoms with Gasteiger partial charge in [-0.25, -0.2) is 0 Å². The van der Waals surface area contributed by atoms with Gasteiger partial charge in [-0.1, -0.05) is 36.4 Å². The number of carbonyl (C=O) groups is 4. The van der Waals surface area contributed by atoms with Gasteiger partial charge in [0.1, 0.15) is 17.8 Å². The lowest BCUT2D eigenvalue weighted by Crippen LogP contribution is -2.52. The quantitative estimate of drug-likeness (QED) is 0.211. The van der Waals surface area contributed by atoms with E-state index in [0.717, 1.165) is 11.0 Å². The molecule has 1 fully saturated rings. The third-order valence-corrected chi connectivity index (χ3v) is 6.14. The summed E-state index contributed by atoms with van der Waals surface area (Å²) in [6.45, 7) is 4.54. The lowest BCUT2D eigenvalue weighted by Gasteiger charge is -2.26. The number of amides is 3. The number of nitrogens with one attached hydrogen (secondary N) is 3. The van der Waals surface area contributed by atoms with E-state index in [2.05, 4.69) is 32.3 Å². The average molecular weight is 508 g/mol. The van der Waals surface area contributed by atoms with Crippen molar-refractivity contribution in [3.05, 3.63) is 66.5 Å². The van der Waals surface area contributed by atoms with E-state index < -0.39 is 42.1 Å². The maximum absolute atomic E-state index is 13.5. The fraction of sp³-hybridized carbons (Fsp3) is 0.346. The van der Waals surface area contributed by atoms with Crippen LogP contribution in [0.2, 0.25) is 0 Å². The number of aliphatic hydroxyl groups is 1. The zero-order valence-electron chi connectivity index (χ0n) is 20.2. The van der Waals surface area contributed by atoms with Crippen LogP contribution in [0.1, 0.15) is 23.3 Å². The number of benzene rings is 1. The molecule has 0 bridgehead atoms. The van der Waals surface area contributed by atoms with Crippen LogP contribution in [0.15, 0.2) is 60.8 Å². The maximum Gasteiger partial charge on any atom is 0.310 e. The smallest absolute Gasteiger partial charge is 0.310 e. The second-order valence-electron chi connectivity index (χ2n) is 8.88. The number of hydrogen-bond donors (Lipinski definition) is 4. The van der Waals surface area contributed by atoms with E-state index in [1.54, 1.807) is 18.2 Å². The molecular weight excluding hydrogens is 478 g/mol. The van der Waals surface area contributed by atoms with Gasteiger partial charge in [0.2, 0.25) is 18.1 Å². The van der Waals surface area contributed by atoms with Gasteiger partial charge in [0.05, 0.1) is 13.0 Å². The van der Waals surface area contributed by atoms with Gasteiger partial charge in [-0.15, -0.1) is 6.58 Å². The second-order valence-corrected chi connectivity index (χ2v) is 8.88. The second kappa shape index (κ2) is 11.8. The highest BCUT2D eigenvalue weighted by Gasteiger charge is 2.36. The van der Waals surface area contributed by atoms with Crippen molar-refractivity contribution in [2.24, 2.45) is 0 Å². The lowest BCUT2D eigenvalue weighted by molar-refractivity contribution is -0.155. The maximum atomic E-state index is 13.5. The van der Waals surface area contributed by atoms with E-state index in [1.165, 1.54) is 11.1 Å². The molecule has 3 heterocycles. The van der Waals surface area contributed by atoms with Gasteiger partial charge in [-0.3, -0.25) is 24.2 Å². The zero-order valence-corrected chi connectivity index (χ0v) is 20.2. The van der Waals surface area contributed by atoms with E-state index in [-0.39, 0.29) is 31.6 Å². The summed E-state index contributed by atoms with van der Waals surface area (Å²) in [5, 5.41) is 19.8. The molecule has 2 aliphatic heterocycles. The van der Waals surface area contributed by atoms with E-state index in [1.807, 2.05) is 24.3 Å². The molecule has 3 atom stereocenters. The first-order chi connectivity index (χ1) is 17.9. The molecule has 2 aliphatic rings. The Morgan fingerprint density at radius 2 is 2.03 bits per heavy atom. The average Bonchev–Trinajstić information content (AvgIpc) is 3.12. The molecule has 0 saturated carbocycles. The summed E-state index contributed by atoms with van der Waals surface area (Å²) in [7, 11) is 0. The van der Waals surface area contributed by atoms with E-state index >= 15 is 0 Å². The Labute approximate surface area is 213 Å². The van der Waals surface area contributed by atoms with E-state index in [4.69, 9.17) is 0 Å². The Hall–Kier alpha value is -4.09. The van der Waals surface area contributed by atoms with Crippen molar-refractivity contribution < 1.29 is 29.0 Å². The van der Waals surface area contributed by atoms with E-state index in [0.29, 0.717) is 18.5 Å². The number of carbonyl (C=O) groups excluding carboxylic acids is 4. The Kier molecular flexibility index (Phi) is 8.26. The van der Waals surface area contributed by atoms with Crippen molar-refractivity contribution in [1.29, 1.82) is 0 Å². The molecule has 3 amide bonds. The van der Waals surface area contributed by atoms with Crippen molar-refractivity contribution in [1.82, 2.24) is 25.8 Å². The van der Waals surface area contributed by atoms with Gasteiger partial charge < -0.3 is 30.7 Å². The predicted molar refractivity (Wildman–Crippen MR) is 134 cm³/mol. The van der Waals surface area contributed by atoms with Crippen molar-refractivity contribution in [2.45, 2.75) is 31.2 Å². The van der Waals surface area contributed by atoms with Crippen LogP contribution in [0, 0.1) is 0 Å². The number of rotatable bonds is 9. The van der Waals surface area contributed by atoms with Gasteiger partial charge in [-0.2, -0.15) is 0 Å². The van der Waals surface area contributed by atoms with Crippen LogP contribution < -0.4 is 16.0 Å². The summed E-state index contributed by atoms with van der Waals surface area (Å²) in [4.78, 5) is 56.3. The Bertz CT molecular complexity index is 1240. The molecule has 0 aliphatic carbocycles. The molecule has 4 N–H and O–H groups in total. The van der Waals surface area contributed by atoms with Gasteiger partial charge in [0.15, 0.2) is 0 Å². The Morgan fingerprint density at radius 1 is 1.22 bits per heavy atom. The summed E-state index contributed by atoms with van der Waals surface area (Å²) < 4.78 is 4.65. The summed E-state index contributed by atoms with van der Waals surface area (Å²) in [5.41, 5.74) is 1.07. The normalized spacial score (nSPS) is 21.7. The summed E-state index contributed by atoms with van der Waals surface area (Å²) in [5.74, 6) is -2.10. The molecule has 0 radical (unpaired) electrons. The minimum atomic E-state index is -1.44. The van der Waals surface area contributed by atoms with Gasteiger partial charge in [0, 0.05) is 31.2 Å². The standard InChI is InChI=1S/C26H29N5O6/c1-2-10-27-13-16-7-8-19(30-24(34)23-18-6-4-3-5-17(18)9-11-28-23)25(35)31(14-16)15-21(32)29-20-12-22(33)37-26(20)36/h2-7,9,11,19-20,26-27,36H,1,8,10,12-15H2,(H,29,32)(H,30,34). The van der Waals surface area contributed by atoms with Crippen molar-refractivity contribution in [3.63, 3.8) is 0 Å². The molecule has 37 heavy (non-hydrogen) atoms. The third-order valence-electron chi connectivity index (χ3n) is 6.14. The zero-order chi connectivity index (χ0) is 26.4. The molecule has 1 aromatic carbocycles. The van der Waals surface area contributed by atoms with Crippen LogP contribution in [0.3, 0.4) is 0 Å². The fourth-order valence-electron chi connectivity index (χ4n) is 4.33. The molecule has 194 valence electrons. The SMILES string of the molecule is C=CCNCC1=CCC(NC(=O)c2nccc3ccccc23)C(=O)N(CC(=O)NC2CC(=O)OC2O)C1. The lowest BCUT2D eigenvalue weighted by atomic mass is 10.1. The van der Waals surface area contributed by atoms with Gasteiger partial charge in [0.25, 0.3) is 5.91 Å². The fourth-order valence-corrected chi connectivity index (χ4v) is 4.33. The van der Waals surface area contributed by atoms with Crippen molar-refractivity contribution in [2.75, 3.05) is 26.2 Å². The topological polar surface area (TPSA) is 150 Å². The molecular formula is C26H29N5O6. The minimum absolute atomic E-state index is 0.159. The molecule has 1 aromatic heterocycles. The first kappa shape index (κ1) is 26.0. The summed E-state index contributed by atoms with van der Waals surface area (Å²) in [6, 6.07) is 7.33. The number of ether oxygens (including phenoxy) is 1. The predicted octanol–water partition coefficient (Wildman–Crippen LogP) is 0.0176. The minimum Gasteiger partial charge on any atom is -0.434 e. The molecule has 2 aromatic rings. The van der Waals surface area contributed by atoms with Gasteiger partial charge in [-0.05, 0) is 23.4 Å². The molecule has 4 rings (SSSR count). The molecule has 3 unspecified atom stereocenters. The van der Waals surface area contributed by atoms with Gasteiger partial charge >= 0.3 is 5.97 Å². The first-order valence-corrected chi connectivity index (χ1v) is 12.0. The molecule has 0 spiro atoms. The highest BCUT2D eigenvalue weighted by atomic mass is 16.6. The van der Waals surface area contributed by atoms with Crippen molar-refractivity contribution >= 4 is 34.5 Å². The number of pyridine rings is 1. The molecule has 11 heteroatoms. The largest absolute Gasteiger partial charge is 0.434 e. The first-order valence-electron chi connectivity index (χ1n) is 12.0. The van der Waals surface area contributed by atoms with Crippen molar-refractivity contribution in [3.8, 4) is 0 Å². The van der Waals surface area contributed by atoms with Crippen LogP contribution in [0.25, 0.3) is 10.8 Å². The Balaban J connectivity index is 1.50. The van der Waals surface area contributed by atoms with Crippen LogP contribution >= 0.6 is 0 Å². The molecule has 11 nitrogen and oxygen atoms in total. The van der Waals surface area contributed by atoms with E-state index in [9.17, 15) is 24.3 Å². The third kappa shape index (κ3) is 6.38. The highest BCUT2D eigenvalue weighted by molar-refractivity contribution is 6.06. The number of fused-ring (bicyclic) bond motifs is 1. The van der Waals surface area contributed by atoms with Crippen LogP contribution in [0.5, 0.6) is 0 Å². The van der Waals surface area contributed by atoms with Crippen LogP contribution in [0.4, 0.5) is 0 Å².